The lowest BCUT2D eigenvalue weighted by Gasteiger charge is -2.07. The van der Waals surface area contributed by atoms with Crippen LogP contribution in [0.15, 0.2) is 65.1 Å². The summed E-state index contributed by atoms with van der Waals surface area (Å²) in [6, 6.07) is 16.8. The molecule has 3 rings (SSSR count). The molecule has 0 radical (unpaired) electrons. The Hall–Kier alpha value is -3.41. The van der Waals surface area contributed by atoms with Crippen LogP contribution in [-0.4, -0.2) is 23.3 Å². The summed E-state index contributed by atoms with van der Waals surface area (Å²) in [5.41, 5.74) is 1.59. The van der Waals surface area contributed by atoms with Crippen molar-refractivity contribution in [1.29, 1.82) is 0 Å². The first-order valence-corrected chi connectivity index (χ1v) is 8.08. The molecule has 0 fully saturated rings. The number of nitrogens with zero attached hydrogens (tertiary/aromatic N) is 2. The van der Waals surface area contributed by atoms with E-state index in [4.69, 9.17) is 13.9 Å². The molecule has 0 bridgehead atoms. The number of esters is 1. The van der Waals surface area contributed by atoms with Gasteiger partial charge in [0.05, 0.1) is 7.11 Å². The molecule has 1 atom stereocenters. The summed E-state index contributed by atoms with van der Waals surface area (Å²) in [4.78, 5) is 12.0. The van der Waals surface area contributed by atoms with Gasteiger partial charge in [0.15, 0.2) is 6.10 Å². The lowest BCUT2D eigenvalue weighted by molar-refractivity contribution is -0.143. The zero-order valence-corrected chi connectivity index (χ0v) is 14.5. The summed E-state index contributed by atoms with van der Waals surface area (Å²) in [5.74, 6) is 0.785. The van der Waals surface area contributed by atoms with Crippen molar-refractivity contribution < 1.29 is 18.7 Å². The van der Waals surface area contributed by atoms with Crippen molar-refractivity contribution in [2.24, 2.45) is 0 Å². The predicted octanol–water partition coefficient (Wildman–Crippen LogP) is 4.06. The first-order chi connectivity index (χ1) is 12.7. The maximum absolute atomic E-state index is 12.0. The smallest absolute Gasteiger partial charge is 0.331 e. The molecule has 0 aliphatic carbocycles. The highest BCUT2D eigenvalue weighted by molar-refractivity contribution is 5.87. The number of hydrogen-bond donors (Lipinski definition) is 0. The molecule has 132 valence electrons. The average Bonchev–Trinajstić information content (AvgIpc) is 3.17. The summed E-state index contributed by atoms with van der Waals surface area (Å²) < 4.78 is 16.1. The Kier molecular flexibility index (Phi) is 5.43. The topological polar surface area (TPSA) is 74.5 Å². The van der Waals surface area contributed by atoms with E-state index in [0.29, 0.717) is 11.6 Å². The van der Waals surface area contributed by atoms with E-state index in [9.17, 15) is 4.79 Å². The Morgan fingerprint density at radius 2 is 1.81 bits per heavy atom. The van der Waals surface area contributed by atoms with Crippen LogP contribution in [0, 0.1) is 0 Å². The number of ether oxygens (including phenoxy) is 2. The van der Waals surface area contributed by atoms with E-state index < -0.39 is 12.1 Å². The van der Waals surface area contributed by atoms with Gasteiger partial charge in [-0.1, -0.05) is 36.4 Å². The number of benzene rings is 2. The average molecular weight is 350 g/mol. The second-order valence-electron chi connectivity index (χ2n) is 5.47. The zero-order valence-electron chi connectivity index (χ0n) is 14.5. The number of hydrogen-bond acceptors (Lipinski definition) is 6. The molecule has 1 aromatic heterocycles. The number of para-hydroxylation sites is 1. The second kappa shape index (κ2) is 8.11. The van der Waals surface area contributed by atoms with Crippen molar-refractivity contribution in [3.63, 3.8) is 0 Å². The molecule has 6 heteroatoms. The van der Waals surface area contributed by atoms with Crippen LogP contribution >= 0.6 is 0 Å². The van der Waals surface area contributed by atoms with Gasteiger partial charge in [-0.3, -0.25) is 0 Å². The molecule has 0 aliphatic rings. The van der Waals surface area contributed by atoms with Gasteiger partial charge in [0, 0.05) is 17.2 Å². The van der Waals surface area contributed by atoms with Gasteiger partial charge in [-0.2, -0.15) is 0 Å². The van der Waals surface area contributed by atoms with Gasteiger partial charge < -0.3 is 13.9 Å². The molecule has 3 aromatic rings. The third-order valence-corrected chi connectivity index (χ3v) is 3.64. The Balaban J connectivity index is 1.64. The maximum atomic E-state index is 12.0. The highest BCUT2D eigenvalue weighted by Crippen LogP contribution is 2.23. The van der Waals surface area contributed by atoms with Crippen LogP contribution < -0.4 is 4.74 Å². The Morgan fingerprint density at radius 1 is 1.08 bits per heavy atom. The largest absolute Gasteiger partial charge is 0.496 e. The monoisotopic (exact) mass is 350 g/mol. The fourth-order valence-corrected chi connectivity index (χ4v) is 2.32. The van der Waals surface area contributed by atoms with Crippen molar-refractivity contribution >= 4 is 12.0 Å². The summed E-state index contributed by atoms with van der Waals surface area (Å²) in [7, 11) is 1.58. The summed E-state index contributed by atoms with van der Waals surface area (Å²) in [6.07, 6.45) is 2.31. The lowest BCUT2D eigenvalue weighted by Crippen LogP contribution is -2.06. The quantitative estimate of drug-likeness (QED) is 0.493. The molecular formula is C20H18N2O4. The van der Waals surface area contributed by atoms with Crippen LogP contribution in [0.5, 0.6) is 5.75 Å². The molecule has 0 spiro atoms. The van der Waals surface area contributed by atoms with Gasteiger partial charge >= 0.3 is 5.97 Å². The van der Waals surface area contributed by atoms with Crippen molar-refractivity contribution in [3.05, 3.63) is 72.1 Å². The highest BCUT2D eigenvalue weighted by Gasteiger charge is 2.18. The summed E-state index contributed by atoms with van der Waals surface area (Å²) in [6.45, 7) is 1.68. The van der Waals surface area contributed by atoms with E-state index in [1.807, 2.05) is 54.6 Å². The van der Waals surface area contributed by atoms with Crippen LogP contribution in [-0.2, 0) is 9.53 Å². The van der Waals surface area contributed by atoms with Gasteiger partial charge in [0.2, 0.25) is 5.89 Å². The minimum absolute atomic E-state index is 0.239. The van der Waals surface area contributed by atoms with Gasteiger partial charge in [-0.25, -0.2) is 4.79 Å². The van der Waals surface area contributed by atoms with Gasteiger partial charge in [-0.15, -0.1) is 10.2 Å². The molecule has 0 aliphatic heterocycles. The molecule has 0 saturated heterocycles. The van der Waals surface area contributed by atoms with Gasteiger partial charge in [0.25, 0.3) is 5.89 Å². The second-order valence-corrected chi connectivity index (χ2v) is 5.47. The van der Waals surface area contributed by atoms with E-state index in [-0.39, 0.29) is 5.89 Å². The van der Waals surface area contributed by atoms with Crippen LogP contribution in [0.25, 0.3) is 17.5 Å². The molecular weight excluding hydrogens is 332 g/mol. The van der Waals surface area contributed by atoms with E-state index in [1.165, 1.54) is 6.08 Å². The molecule has 0 unspecified atom stereocenters. The molecule has 6 nitrogen and oxygen atoms in total. The van der Waals surface area contributed by atoms with Crippen molar-refractivity contribution in [2.45, 2.75) is 13.0 Å². The van der Waals surface area contributed by atoms with E-state index in [0.717, 1.165) is 11.1 Å². The van der Waals surface area contributed by atoms with E-state index in [1.54, 1.807) is 20.1 Å². The molecule has 2 aromatic carbocycles. The maximum Gasteiger partial charge on any atom is 0.331 e. The minimum Gasteiger partial charge on any atom is -0.496 e. The molecule has 0 saturated carbocycles. The SMILES string of the molecule is COc1ccccc1/C=C/C(=O)O[C@@H](C)c1nnc(-c2ccccc2)o1. The number of methoxy groups -OCH3 is 1. The predicted molar refractivity (Wildman–Crippen MR) is 96.3 cm³/mol. The van der Waals surface area contributed by atoms with Crippen LogP contribution in [0.1, 0.15) is 24.5 Å². The normalized spacial score (nSPS) is 12.1. The third kappa shape index (κ3) is 4.16. The Bertz CT molecular complexity index is 903. The van der Waals surface area contributed by atoms with Crippen molar-refractivity contribution in [1.82, 2.24) is 10.2 Å². The Labute approximate surface area is 151 Å². The Morgan fingerprint density at radius 3 is 2.58 bits per heavy atom. The van der Waals surface area contributed by atoms with Crippen LogP contribution in [0.2, 0.25) is 0 Å². The molecule has 26 heavy (non-hydrogen) atoms. The number of rotatable bonds is 6. The van der Waals surface area contributed by atoms with Crippen LogP contribution in [0.3, 0.4) is 0 Å². The number of carbonyl (C=O) groups excluding carboxylic acids is 1. The summed E-state index contributed by atoms with van der Waals surface area (Å²) >= 11 is 0. The third-order valence-electron chi connectivity index (χ3n) is 3.64. The molecule has 1 heterocycles. The first kappa shape index (κ1) is 17.4. The van der Waals surface area contributed by atoms with Gasteiger partial charge in [0.1, 0.15) is 5.75 Å². The molecule has 0 N–H and O–H groups in total. The lowest BCUT2D eigenvalue weighted by atomic mass is 10.2. The number of carbonyl (C=O) groups is 1. The fourth-order valence-electron chi connectivity index (χ4n) is 2.32. The van der Waals surface area contributed by atoms with E-state index in [2.05, 4.69) is 10.2 Å². The standard InChI is InChI=1S/C20H18N2O4/c1-14(19-21-22-20(26-19)16-9-4-3-5-10-16)25-18(23)13-12-15-8-6-7-11-17(15)24-2/h3-14H,1-2H3/b13-12+/t14-/m0/s1. The number of aromatic nitrogens is 2. The van der Waals surface area contributed by atoms with E-state index >= 15 is 0 Å². The highest BCUT2D eigenvalue weighted by atomic mass is 16.6. The van der Waals surface area contributed by atoms with Crippen molar-refractivity contribution in [2.75, 3.05) is 7.11 Å². The zero-order chi connectivity index (χ0) is 18.4. The minimum atomic E-state index is -0.658. The van der Waals surface area contributed by atoms with Crippen molar-refractivity contribution in [3.8, 4) is 17.2 Å². The summed E-state index contributed by atoms with van der Waals surface area (Å²) in [5, 5.41) is 7.94. The van der Waals surface area contributed by atoms with Crippen LogP contribution in [0.4, 0.5) is 0 Å². The van der Waals surface area contributed by atoms with Gasteiger partial charge in [-0.05, 0) is 31.2 Å². The molecule has 0 amide bonds. The first-order valence-electron chi connectivity index (χ1n) is 8.08. The fraction of sp³-hybridized carbons (Fsp3) is 0.150.